The molecule has 2 nitrogen and oxygen atoms in total. The summed E-state index contributed by atoms with van der Waals surface area (Å²) < 4.78 is 1.06. The topological polar surface area (TPSA) is 24.9 Å². The second-order valence-electron chi connectivity index (χ2n) is 4.81. The number of rotatable bonds is 7. The van der Waals surface area contributed by atoms with Crippen LogP contribution in [0, 0.1) is 0 Å². The lowest BCUT2D eigenvalue weighted by Gasteiger charge is -2.18. The predicted octanol–water partition coefficient (Wildman–Crippen LogP) is 4.85. The molecule has 2 rings (SSSR count). The number of hydrogen-bond donors (Lipinski definition) is 1. The summed E-state index contributed by atoms with van der Waals surface area (Å²) >= 11 is 5.34. The number of nitrogens with zero attached hydrogens (tertiary/aromatic N) is 1. The summed E-state index contributed by atoms with van der Waals surface area (Å²) in [6.07, 6.45) is 2.92. The number of benzene rings is 1. The summed E-state index contributed by atoms with van der Waals surface area (Å²) in [7, 11) is 0. The molecule has 1 atom stereocenters. The molecule has 0 bridgehead atoms. The minimum absolute atomic E-state index is 0.347. The molecule has 0 aliphatic rings. The lowest BCUT2D eigenvalue weighted by molar-refractivity contribution is 0.605. The van der Waals surface area contributed by atoms with E-state index in [0.717, 1.165) is 28.2 Å². The van der Waals surface area contributed by atoms with Gasteiger partial charge in [-0.3, -0.25) is 0 Å². The van der Waals surface area contributed by atoms with Crippen LogP contribution in [0.4, 0.5) is 0 Å². The molecule has 0 saturated carbocycles. The fourth-order valence-corrected chi connectivity index (χ4v) is 3.72. The van der Waals surface area contributed by atoms with E-state index in [2.05, 4.69) is 64.3 Å². The Morgan fingerprint density at radius 3 is 2.57 bits per heavy atom. The zero-order chi connectivity index (χ0) is 15.1. The summed E-state index contributed by atoms with van der Waals surface area (Å²) in [5, 5.41) is 4.61. The number of pyridine rings is 1. The monoisotopic (exact) mass is 364 g/mol. The molecule has 0 spiro atoms. The van der Waals surface area contributed by atoms with Crippen LogP contribution in [0.25, 0.3) is 0 Å². The molecule has 0 aliphatic heterocycles. The summed E-state index contributed by atoms with van der Waals surface area (Å²) in [6, 6.07) is 13.2. The predicted molar refractivity (Wildman–Crippen MR) is 94.9 cm³/mol. The third-order valence-corrected chi connectivity index (χ3v) is 5.35. The lowest BCUT2D eigenvalue weighted by Crippen LogP contribution is -2.23. The van der Waals surface area contributed by atoms with Crippen LogP contribution in [0.2, 0.25) is 0 Å². The van der Waals surface area contributed by atoms with Crippen molar-refractivity contribution in [2.75, 3.05) is 12.3 Å². The average Bonchev–Trinajstić information content (AvgIpc) is 2.53. The van der Waals surface area contributed by atoms with Crippen molar-refractivity contribution >= 4 is 27.7 Å². The molecule has 2 aromatic rings. The van der Waals surface area contributed by atoms with E-state index in [1.807, 2.05) is 18.3 Å². The van der Waals surface area contributed by atoms with Gasteiger partial charge in [-0.05, 0) is 52.2 Å². The Bertz CT molecular complexity index is 557. The average molecular weight is 365 g/mol. The molecular formula is C17H21BrN2S. The number of nitrogens with one attached hydrogen (secondary N) is 1. The molecule has 1 aromatic carbocycles. The third kappa shape index (κ3) is 4.83. The van der Waals surface area contributed by atoms with E-state index in [4.69, 9.17) is 0 Å². The first-order valence-electron chi connectivity index (χ1n) is 7.30. The van der Waals surface area contributed by atoms with Crippen molar-refractivity contribution in [2.45, 2.75) is 31.3 Å². The van der Waals surface area contributed by atoms with Crippen molar-refractivity contribution in [1.29, 1.82) is 0 Å². The highest BCUT2D eigenvalue weighted by atomic mass is 79.9. The largest absolute Gasteiger partial charge is 0.309 e. The van der Waals surface area contributed by atoms with Gasteiger partial charge in [-0.25, -0.2) is 4.98 Å². The van der Waals surface area contributed by atoms with Gasteiger partial charge in [0.15, 0.2) is 0 Å². The molecule has 1 unspecified atom stereocenters. The molecule has 21 heavy (non-hydrogen) atoms. The Morgan fingerprint density at radius 1 is 1.19 bits per heavy atom. The van der Waals surface area contributed by atoms with Crippen molar-refractivity contribution < 1.29 is 0 Å². The number of halogens is 1. The normalized spacial score (nSPS) is 12.3. The molecule has 112 valence electrons. The minimum atomic E-state index is 0.347. The summed E-state index contributed by atoms with van der Waals surface area (Å²) in [6.45, 7) is 5.30. The Morgan fingerprint density at radius 2 is 1.95 bits per heavy atom. The number of aryl methyl sites for hydroxylation is 1. The second kappa shape index (κ2) is 8.57. The summed E-state index contributed by atoms with van der Waals surface area (Å²) in [5.41, 5.74) is 2.72. The van der Waals surface area contributed by atoms with E-state index in [-0.39, 0.29) is 0 Å². The first kappa shape index (κ1) is 16.5. The van der Waals surface area contributed by atoms with E-state index in [1.54, 1.807) is 11.8 Å². The fourth-order valence-electron chi connectivity index (χ4n) is 2.14. The Labute approximate surface area is 139 Å². The van der Waals surface area contributed by atoms with Crippen molar-refractivity contribution in [1.82, 2.24) is 10.3 Å². The van der Waals surface area contributed by atoms with Crippen LogP contribution in [0.1, 0.15) is 31.0 Å². The second-order valence-corrected chi connectivity index (χ2v) is 6.67. The maximum atomic E-state index is 4.42. The molecule has 0 fully saturated rings. The van der Waals surface area contributed by atoms with Gasteiger partial charge in [0.2, 0.25) is 0 Å². The smallest absolute Gasteiger partial charge is 0.110 e. The maximum absolute atomic E-state index is 4.42. The molecule has 4 heteroatoms. The molecule has 1 heterocycles. The fraction of sp³-hybridized carbons (Fsp3) is 0.353. The third-order valence-electron chi connectivity index (χ3n) is 3.35. The van der Waals surface area contributed by atoms with Gasteiger partial charge in [-0.15, -0.1) is 11.8 Å². The van der Waals surface area contributed by atoms with Crippen molar-refractivity contribution in [3.8, 4) is 0 Å². The van der Waals surface area contributed by atoms with Crippen LogP contribution in [0.3, 0.4) is 0 Å². The number of aromatic nitrogens is 1. The molecule has 0 saturated heterocycles. The minimum Gasteiger partial charge on any atom is -0.309 e. The van der Waals surface area contributed by atoms with Gasteiger partial charge in [-0.2, -0.15) is 0 Å². The maximum Gasteiger partial charge on any atom is 0.110 e. The molecular weight excluding hydrogens is 344 g/mol. The van der Waals surface area contributed by atoms with Crippen LogP contribution < -0.4 is 5.32 Å². The molecule has 0 amide bonds. The standard InChI is InChI=1S/C17H21BrN2S/c1-3-13-7-9-14(10-8-13)16(19-4-2)12-21-17-15(18)6-5-11-20-17/h5-11,16,19H,3-4,12H2,1-2H3. The van der Waals surface area contributed by atoms with Gasteiger partial charge >= 0.3 is 0 Å². The highest BCUT2D eigenvalue weighted by Gasteiger charge is 2.12. The first-order chi connectivity index (χ1) is 10.2. The number of thioether (sulfide) groups is 1. The Hall–Kier alpha value is -0.840. The zero-order valence-electron chi connectivity index (χ0n) is 12.5. The van der Waals surface area contributed by atoms with Crippen LogP contribution in [0.5, 0.6) is 0 Å². The number of hydrogen-bond acceptors (Lipinski definition) is 3. The van der Waals surface area contributed by atoms with Crippen molar-refractivity contribution in [3.05, 3.63) is 58.2 Å². The zero-order valence-corrected chi connectivity index (χ0v) is 14.9. The van der Waals surface area contributed by atoms with E-state index in [9.17, 15) is 0 Å². The van der Waals surface area contributed by atoms with Crippen molar-refractivity contribution in [3.63, 3.8) is 0 Å². The van der Waals surface area contributed by atoms with Crippen LogP contribution in [-0.4, -0.2) is 17.3 Å². The van der Waals surface area contributed by atoms with Crippen LogP contribution in [0.15, 0.2) is 52.1 Å². The SMILES string of the molecule is CCNC(CSc1ncccc1Br)c1ccc(CC)cc1. The van der Waals surface area contributed by atoms with Gasteiger partial charge in [0.1, 0.15) is 5.03 Å². The molecule has 0 aliphatic carbocycles. The van der Waals surface area contributed by atoms with Crippen LogP contribution in [-0.2, 0) is 6.42 Å². The highest BCUT2D eigenvalue weighted by molar-refractivity contribution is 9.10. The van der Waals surface area contributed by atoms with E-state index >= 15 is 0 Å². The molecule has 1 aromatic heterocycles. The van der Waals surface area contributed by atoms with Gasteiger partial charge in [0, 0.05) is 22.5 Å². The lowest BCUT2D eigenvalue weighted by atomic mass is 10.1. The Kier molecular flexibility index (Phi) is 6.74. The first-order valence-corrected chi connectivity index (χ1v) is 9.08. The van der Waals surface area contributed by atoms with Crippen LogP contribution >= 0.6 is 27.7 Å². The van der Waals surface area contributed by atoms with E-state index < -0.39 is 0 Å². The Balaban J connectivity index is 2.06. The van der Waals surface area contributed by atoms with Crippen molar-refractivity contribution in [2.24, 2.45) is 0 Å². The van der Waals surface area contributed by atoms with Gasteiger partial charge in [0.25, 0.3) is 0 Å². The van der Waals surface area contributed by atoms with Gasteiger partial charge in [0.05, 0.1) is 0 Å². The quantitative estimate of drug-likeness (QED) is 0.710. The van der Waals surface area contributed by atoms with E-state index in [0.29, 0.717) is 6.04 Å². The molecule has 1 N–H and O–H groups in total. The van der Waals surface area contributed by atoms with Gasteiger partial charge in [-0.1, -0.05) is 38.1 Å². The van der Waals surface area contributed by atoms with Gasteiger partial charge < -0.3 is 5.32 Å². The van der Waals surface area contributed by atoms with E-state index in [1.165, 1.54) is 11.1 Å². The highest BCUT2D eigenvalue weighted by Crippen LogP contribution is 2.28. The summed E-state index contributed by atoms with van der Waals surface area (Å²) in [5.74, 6) is 0.967. The summed E-state index contributed by atoms with van der Waals surface area (Å²) in [4.78, 5) is 4.42. The molecule has 0 radical (unpaired) electrons.